The molecule has 2 aromatic heterocycles. The SMILES string of the molecule is O=C(NCc1ccc(-n2ccnc2)nc1)c1ccccc1. The van der Waals surface area contributed by atoms with Gasteiger partial charge in [-0.1, -0.05) is 24.3 Å². The van der Waals surface area contributed by atoms with E-state index in [4.69, 9.17) is 0 Å². The highest BCUT2D eigenvalue weighted by Gasteiger charge is 2.04. The molecule has 0 aliphatic carbocycles. The van der Waals surface area contributed by atoms with Crippen LogP contribution in [0.4, 0.5) is 0 Å². The summed E-state index contributed by atoms with van der Waals surface area (Å²) in [6, 6.07) is 13.0. The van der Waals surface area contributed by atoms with Gasteiger partial charge in [-0.15, -0.1) is 0 Å². The molecule has 0 atom stereocenters. The molecule has 0 fully saturated rings. The first-order chi connectivity index (χ1) is 10.3. The highest BCUT2D eigenvalue weighted by atomic mass is 16.1. The van der Waals surface area contributed by atoms with Gasteiger partial charge in [-0.3, -0.25) is 9.36 Å². The molecular formula is C16H14N4O. The zero-order valence-corrected chi connectivity index (χ0v) is 11.3. The van der Waals surface area contributed by atoms with Crippen molar-refractivity contribution in [3.8, 4) is 5.82 Å². The molecule has 5 heteroatoms. The summed E-state index contributed by atoms with van der Waals surface area (Å²) in [5.74, 6) is 0.708. The Morgan fingerprint density at radius 2 is 2.00 bits per heavy atom. The monoisotopic (exact) mass is 278 g/mol. The Labute approximate surface area is 122 Å². The summed E-state index contributed by atoms with van der Waals surface area (Å²) < 4.78 is 1.83. The van der Waals surface area contributed by atoms with Crippen molar-refractivity contribution < 1.29 is 4.79 Å². The van der Waals surface area contributed by atoms with Crippen LogP contribution >= 0.6 is 0 Å². The summed E-state index contributed by atoms with van der Waals surface area (Å²) in [5, 5.41) is 2.87. The standard InChI is InChI=1S/C16H14N4O/c21-16(14-4-2-1-3-5-14)19-11-13-6-7-15(18-10-13)20-9-8-17-12-20/h1-10,12H,11H2,(H,19,21). The fraction of sp³-hybridized carbons (Fsp3) is 0.0625. The molecule has 1 amide bonds. The van der Waals surface area contributed by atoms with Crippen LogP contribution in [-0.2, 0) is 6.54 Å². The van der Waals surface area contributed by atoms with E-state index in [1.807, 2.05) is 41.1 Å². The van der Waals surface area contributed by atoms with Gasteiger partial charge in [0, 0.05) is 30.7 Å². The molecule has 1 N–H and O–H groups in total. The van der Waals surface area contributed by atoms with Gasteiger partial charge in [-0.05, 0) is 23.8 Å². The van der Waals surface area contributed by atoms with Gasteiger partial charge in [0.15, 0.2) is 0 Å². The summed E-state index contributed by atoms with van der Waals surface area (Å²) in [5.41, 5.74) is 1.60. The number of nitrogens with one attached hydrogen (secondary N) is 1. The van der Waals surface area contributed by atoms with E-state index in [1.54, 1.807) is 30.9 Å². The molecule has 0 saturated heterocycles. The second kappa shape index (κ2) is 6.00. The van der Waals surface area contributed by atoms with E-state index in [9.17, 15) is 4.79 Å². The summed E-state index contributed by atoms with van der Waals surface area (Å²) in [7, 11) is 0. The van der Waals surface area contributed by atoms with Gasteiger partial charge < -0.3 is 5.32 Å². The van der Waals surface area contributed by atoms with E-state index in [1.165, 1.54) is 0 Å². The van der Waals surface area contributed by atoms with Crippen LogP contribution in [-0.4, -0.2) is 20.4 Å². The maximum Gasteiger partial charge on any atom is 0.251 e. The molecule has 1 aromatic carbocycles. The van der Waals surface area contributed by atoms with Crippen molar-refractivity contribution in [3.63, 3.8) is 0 Å². The lowest BCUT2D eigenvalue weighted by molar-refractivity contribution is 0.0951. The second-order valence-corrected chi connectivity index (χ2v) is 4.54. The van der Waals surface area contributed by atoms with E-state index >= 15 is 0 Å². The fourth-order valence-electron chi connectivity index (χ4n) is 1.94. The Balaban J connectivity index is 1.62. The van der Waals surface area contributed by atoms with E-state index in [-0.39, 0.29) is 5.91 Å². The maximum atomic E-state index is 11.9. The molecule has 0 unspecified atom stereocenters. The van der Waals surface area contributed by atoms with E-state index in [2.05, 4.69) is 15.3 Å². The third kappa shape index (κ3) is 3.14. The quantitative estimate of drug-likeness (QED) is 0.796. The molecule has 0 aliphatic rings. The topological polar surface area (TPSA) is 59.8 Å². The lowest BCUT2D eigenvalue weighted by Crippen LogP contribution is -2.22. The fourth-order valence-corrected chi connectivity index (χ4v) is 1.94. The molecule has 0 spiro atoms. The van der Waals surface area contributed by atoms with Crippen LogP contribution in [0.25, 0.3) is 5.82 Å². The Morgan fingerprint density at radius 1 is 1.14 bits per heavy atom. The van der Waals surface area contributed by atoms with Crippen LogP contribution in [0.5, 0.6) is 0 Å². The minimum atomic E-state index is -0.0886. The molecule has 2 heterocycles. The number of pyridine rings is 1. The van der Waals surface area contributed by atoms with Gasteiger partial charge in [0.05, 0.1) is 0 Å². The van der Waals surface area contributed by atoms with Crippen molar-refractivity contribution in [3.05, 3.63) is 78.5 Å². The number of aromatic nitrogens is 3. The largest absolute Gasteiger partial charge is 0.348 e. The summed E-state index contributed by atoms with van der Waals surface area (Å²) in [6.07, 6.45) is 6.98. The van der Waals surface area contributed by atoms with Crippen molar-refractivity contribution in [2.45, 2.75) is 6.54 Å². The molecule has 3 aromatic rings. The maximum absolute atomic E-state index is 11.9. The molecule has 5 nitrogen and oxygen atoms in total. The summed E-state index contributed by atoms with van der Waals surface area (Å²) >= 11 is 0. The molecular weight excluding hydrogens is 264 g/mol. The second-order valence-electron chi connectivity index (χ2n) is 4.54. The smallest absolute Gasteiger partial charge is 0.251 e. The van der Waals surface area contributed by atoms with Gasteiger partial charge in [-0.25, -0.2) is 9.97 Å². The normalized spacial score (nSPS) is 10.3. The number of carbonyl (C=O) groups excluding carboxylic acids is 1. The predicted octanol–water partition coefficient (Wildman–Crippen LogP) is 2.20. The van der Waals surface area contributed by atoms with E-state index in [0.717, 1.165) is 11.4 Å². The van der Waals surface area contributed by atoms with Gasteiger partial charge in [-0.2, -0.15) is 0 Å². The number of rotatable bonds is 4. The lowest BCUT2D eigenvalue weighted by atomic mass is 10.2. The first kappa shape index (κ1) is 13.1. The molecule has 0 saturated carbocycles. The molecule has 21 heavy (non-hydrogen) atoms. The van der Waals surface area contributed by atoms with Crippen LogP contribution in [0.15, 0.2) is 67.4 Å². The van der Waals surface area contributed by atoms with Crippen molar-refractivity contribution in [2.24, 2.45) is 0 Å². The Bertz CT molecular complexity index is 706. The van der Waals surface area contributed by atoms with Crippen LogP contribution < -0.4 is 5.32 Å². The molecule has 0 radical (unpaired) electrons. The molecule has 3 rings (SSSR count). The minimum absolute atomic E-state index is 0.0886. The third-order valence-corrected chi connectivity index (χ3v) is 3.07. The summed E-state index contributed by atoms with van der Waals surface area (Å²) in [4.78, 5) is 20.3. The highest BCUT2D eigenvalue weighted by Crippen LogP contribution is 2.06. The van der Waals surface area contributed by atoms with Gasteiger partial charge >= 0.3 is 0 Å². The Morgan fingerprint density at radius 3 is 2.67 bits per heavy atom. The average molecular weight is 278 g/mol. The Kier molecular flexibility index (Phi) is 3.73. The van der Waals surface area contributed by atoms with E-state index in [0.29, 0.717) is 12.1 Å². The van der Waals surface area contributed by atoms with Gasteiger partial charge in [0.25, 0.3) is 5.91 Å². The number of hydrogen-bond acceptors (Lipinski definition) is 3. The van der Waals surface area contributed by atoms with Crippen LogP contribution in [0.2, 0.25) is 0 Å². The van der Waals surface area contributed by atoms with Crippen molar-refractivity contribution >= 4 is 5.91 Å². The van der Waals surface area contributed by atoms with Gasteiger partial charge in [0.1, 0.15) is 12.1 Å². The zero-order valence-electron chi connectivity index (χ0n) is 11.3. The summed E-state index contributed by atoms with van der Waals surface area (Å²) in [6.45, 7) is 0.449. The van der Waals surface area contributed by atoms with Crippen LogP contribution in [0, 0.1) is 0 Å². The molecule has 0 aliphatic heterocycles. The predicted molar refractivity (Wildman–Crippen MR) is 79.0 cm³/mol. The first-order valence-corrected chi connectivity index (χ1v) is 6.59. The first-order valence-electron chi connectivity index (χ1n) is 6.59. The number of imidazole rings is 1. The number of benzene rings is 1. The molecule has 0 bridgehead atoms. The number of carbonyl (C=O) groups is 1. The highest BCUT2D eigenvalue weighted by molar-refractivity contribution is 5.94. The van der Waals surface area contributed by atoms with E-state index < -0.39 is 0 Å². The third-order valence-electron chi connectivity index (χ3n) is 3.07. The molecule has 104 valence electrons. The number of nitrogens with zero attached hydrogens (tertiary/aromatic N) is 3. The van der Waals surface area contributed by atoms with Crippen LogP contribution in [0.1, 0.15) is 15.9 Å². The lowest BCUT2D eigenvalue weighted by Gasteiger charge is -2.06. The van der Waals surface area contributed by atoms with Crippen molar-refractivity contribution in [1.29, 1.82) is 0 Å². The van der Waals surface area contributed by atoms with Crippen LogP contribution in [0.3, 0.4) is 0 Å². The minimum Gasteiger partial charge on any atom is -0.348 e. The average Bonchev–Trinajstić information content (AvgIpc) is 3.08. The van der Waals surface area contributed by atoms with Crippen molar-refractivity contribution in [2.75, 3.05) is 0 Å². The number of amides is 1. The Hall–Kier alpha value is -2.95. The number of hydrogen-bond donors (Lipinski definition) is 1. The van der Waals surface area contributed by atoms with Crippen molar-refractivity contribution in [1.82, 2.24) is 19.9 Å². The zero-order chi connectivity index (χ0) is 14.5. The van der Waals surface area contributed by atoms with Gasteiger partial charge in [0.2, 0.25) is 0 Å².